The predicted molar refractivity (Wildman–Crippen MR) is 202 cm³/mol. The zero-order chi connectivity index (χ0) is 31.9. The van der Waals surface area contributed by atoms with Crippen molar-refractivity contribution in [3.63, 3.8) is 0 Å². The van der Waals surface area contributed by atoms with E-state index in [1.165, 1.54) is 38.6 Å². The minimum Gasteiger partial charge on any atom is -0.454 e. The van der Waals surface area contributed by atoms with E-state index in [0.29, 0.717) is 0 Å². The van der Waals surface area contributed by atoms with Crippen LogP contribution < -0.4 is 4.90 Å². The average Bonchev–Trinajstić information content (AvgIpc) is 3.56. The third-order valence-corrected chi connectivity index (χ3v) is 9.26. The first-order chi connectivity index (χ1) is 23.8. The molecule has 0 aliphatic heterocycles. The minimum absolute atomic E-state index is 0.869. The lowest BCUT2D eigenvalue weighted by Crippen LogP contribution is -2.10. The largest absolute Gasteiger partial charge is 0.454 e. The third kappa shape index (κ3) is 4.92. The molecule has 2 nitrogen and oxygen atoms in total. The molecule has 0 spiro atoms. The molecule has 0 fully saturated rings. The van der Waals surface area contributed by atoms with Crippen LogP contribution in [-0.4, -0.2) is 0 Å². The third-order valence-electron chi connectivity index (χ3n) is 9.26. The van der Waals surface area contributed by atoms with E-state index < -0.39 is 0 Å². The fourth-order valence-corrected chi connectivity index (χ4v) is 6.88. The van der Waals surface area contributed by atoms with Gasteiger partial charge in [-0.05, 0) is 86.6 Å². The van der Waals surface area contributed by atoms with Gasteiger partial charge in [0, 0.05) is 22.1 Å². The fraction of sp³-hybridized carbons (Fsp3) is 0. The molecule has 0 unspecified atom stereocenters. The zero-order valence-electron chi connectivity index (χ0n) is 26.3. The molecule has 0 atom stereocenters. The van der Waals surface area contributed by atoms with Gasteiger partial charge in [0.05, 0.1) is 5.69 Å². The maximum atomic E-state index is 6.92. The molecule has 1 aromatic heterocycles. The van der Waals surface area contributed by atoms with Gasteiger partial charge in [-0.3, -0.25) is 0 Å². The first-order valence-electron chi connectivity index (χ1n) is 16.3. The maximum absolute atomic E-state index is 6.92. The normalized spacial score (nSPS) is 11.3. The number of benzene rings is 8. The van der Waals surface area contributed by atoms with E-state index >= 15 is 0 Å². The molecular formula is C46H31NO. The van der Waals surface area contributed by atoms with Gasteiger partial charge in [-0.2, -0.15) is 0 Å². The highest BCUT2D eigenvalue weighted by atomic mass is 16.3. The van der Waals surface area contributed by atoms with Crippen LogP contribution >= 0.6 is 0 Å². The summed E-state index contributed by atoms with van der Waals surface area (Å²) in [6, 6.07) is 66.7. The Morgan fingerprint density at radius 1 is 0.354 bits per heavy atom. The first-order valence-corrected chi connectivity index (χ1v) is 16.3. The topological polar surface area (TPSA) is 16.4 Å². The van der Waals surface area contributed by atoms with Crippen LogP contribution in [0.5, 0.6) is 0 Å². The van der Waals surface area contributed by atoms with E-state index in [0.717, 1.165) is 44.6 Å². The number of anilines is 3. The van der Waals surface area contributed by atoms with E-state index in [2.05, 4.69) is 193 Å². The SMILES string of the molecule is c1ccc(-c2ccc(N(c3ccc(-c4ccccc4)cc3)c3cc4ccccc4c4c3oc3cc(-c5ccccc5)ccc34)cc2)cc1. The molecular weight excluding hydrogens is 583 g/mol. The number of rotatable bonds is 6. The monoisotopic (exact) mass is 613 g/mol. The lowest BCUT2D eigenvalue weighted by atomic mass is 9.99. The number of fused-ring (bicyclic) bond motifs is 5. The molecule has 226 valence electrons. The summed E-state index contributed by atoms with van der Waals surface area (Å²) in [5.74, 6) is 0. The van der Waals surface area contributed by atoms with Crippen LogP contribution in [0, 0.1) is 0 Å². The van der Waals surface area contributed by atoms with Crippen LogP contribution in [0.3, 0.4) is 0 Å². The summed E-state index contributed by atoms with van der Waals surface area (Å²) in [7, 11) is 0. The first kappa shape index (κ1) is 27.9. The lowest BCUT2D eigenvalue weighted by molar-refractivity contribution is 0.669. The second kappa shape index (κ2) is 11.8. The molecule has 48 heavy (non-hydrogen) atoms. The van der Waals surface area contributed by atoms with Crippen molar-refractivity contribution in [2.45, 2.75) is 0 Å². The molecule has 0 aliphatic rings. The minimum atomic E-state index is 0.869. The highest BCUT2D eigenvalue weighted by Gasteiger charge is 2.22. The van der Waals surface area contributed by atoms with Crippen molar-refractivity contribution in [3.8, 4) is 33.4 Å². The summed E-state index contributed by atoms with van der Waals surface area (Å²) in [5, 5.41) is 4.59. The fourth-order valence-electron chi connectivity index (χ4n) is 6.88. The van der Waals surface area contributed by atoms with Gasteiger partial charge < -0.3 is 9.32 Å². The van der Waals surface area contributed by atoms with E-state index in [-0.39, 0.29) is 0 Å². The van der Waals surface area contributed by atoms with Gasteiger partial charge in [-0.1, -0.05) is 146 Å². The van der Waals surface area contributed by atoms with Crippen molar-refractivity contribution in [3.05, 3.63) is 188 Å². The Morgan fingerprint density at radius 3 is 1.38 bits per heavy atom. The molecule has 9 rings (SSSR count). The Balaban J connectivity index is 1.27. The summed E-state index contributed by atoms with van der Waals surface area (Å²) >= 11 is 0. The summed E-state index contributed by atoms with van der Waals surface area (Å²) in [5.41, 5.74) is 11.9. The summed E-state index contributed by atoms with van der Waals surface area (Å²) in [6.45, 7) is 0. The Bertz CT molecular complexity index is 2430. The average molecular weight is 614 g/mol. The van der Waals surface area contributed by atoms with Crippen LogP contribution in [0.4, 0.5) is 17.1 Å². The maximum Gasteiger partial charge on any atom is 0.160 e. The van der Waals surface area contributed by atoms with Gasteiger partial charge in [0.2, 0.25) is 0 Å². The summed E-state index contributed by atoms with van der Waals surface area (Å²) < 4.78 is 6.92. The molecule has 0 bridgehead atoms. The quantitative estimate of drug-likeness (QED) is 0.185. The molecule has 0 saturated heterocycles. The Kier molecular flexibility index (Phi) is 6.84. The van der Waals surface area contributed by atoms with E-state index in [1.54, 1.807) is 0 Å². The van der Waals surface area contributed by atoms with Gasteiger partial charge >= 0.3 is 0 Å². The number of hydrogen-bond donors (Lipinski definition) is 0. The molecule has 0 N–H and O–H groups in total. The van der Waals surface area contributed by atoms with Crippen molar-refractivity contribution >= 4 is 49.8 Å². The van der Waals surface area contributed by atoms with Gasteiger partial charge in [0.25, 0.3) is 0 Å². The molecule has 2 heteroatoms. The molecule has 8 aromatic carbocycles. The summed E-state index contributed by atoms with van der Waals surface area (Å²) in [4.78, 5) is 2.33. The van der Waals surface area contributed by atoms with Crippen LogP contribution in [0.15, 0.2) is 192 Å². The van der Waals surface area contributed by atoms with E-state index in [1.807, 2.05) is 0 Å². The molecule has 0 radical (unpaired) electrons. The van der Waals surface area contributed by atoms with Crippen LogP contribution in [0.1, 0.15) is 0 Å². The van der Waals surface area contributed by atoms with Crippen LogP contribution in [-0.2, 0) is 0 Å². The predicted octanol–water partition coefficient (Wildman–Crippen LogP) is 13.2. The molecule has 9 aromatic rings. The molecule has 0 aliphatic carbocycles. The van der Waals surface area contributed by atoms with Gasteiger partial charge in [-0.15, -0.1) is 0 Å². The van der Waals surface area contributed by atoms with Gasteiger partial charge in [0.1, 0.15) is 5.58 Å². The molecule has 0 saturated carbocycles. The highest BCUT2D eigenvalue weighted by Crippen LogP contribution is 2.46. The second-order valence-electron chi connectivity index (χ2n) is 12.2. The Labute approximate surface area is 279 Å². The van der Waals surface area contributed by atoms with Crippen LogP contribution in [0.25, 0.3) is 66.1 Å². The highest BCUT2D eigenvalue weighted by molar-refractivity contribution is 6.23. The van der Waals surface area contributed by atoms with E-state index in [9.17, 15) is 0 Å². The lowest BCUT2D eigenvalue weighted by Gasteiger charge is -2.26. The zero-order valence-corrected chi connectivity index (χ0v) is 26.3. The number of furan rings is 1. The van der Waals surface area contributed by atoms with Gasteiger partial charge in [-0.25, -0.2) is 0 Å². The van der Waals surface area contributed by atoms with Crippen molar-refractivity contribution in [1.29, 1.82) is 0 Å². The standard InChI is InChI=1S/C46H31NO/c1-4-12-32(13-5-1)35-20-25-39(26-21-35)47(40-27-22-36(23-28-40)33-14-6-2-7-15-33)43-30-38-18-10-11-19-41(38)45-42-29-24-37(31-44(42)48-46(43)45)34-16-8-3-9-17-34/h1-31H. The number of hydrogen-bond acceptors (Lipinski definition) is 2. The Morgan fingerprint density at radius 2 is 0.812 bits per heavy atom. The van der Waals surface area contributed by atoms with Crippen molar-refractivity contribution in [1.82, 2.24) is 0 Å². The van der Waals surface area contributed by atoms with Crippen molar-refractivity contribution in [2.24, 2.45) is 0 Å². The van der Waals surface area contributed by atoms with Crippen molar-refractivity contribution < 1.29 is 4.42 Å². The van der Waals surface area contributed by atoms with Gasteiger partial charge in [0.15, 0.2) is 5.58 Å². The smallest absolute Gasteiger partial charge is 0.160 e. The second-order valence-corrected chi connectivity index (χ2v) is 12.2. The number of nitrogens with zero attached hydrogens (tertiary/aromatic N) is 1. The van der Waals surface area contributed by atoms with E-state index in [4.69, 9.17) is 4.42 Å². The van der Waals surface area contributed by atoms with Crippen molar-refractivity contribution in [2.75, 3.05) is 4.90 Å². The van der Waals surface area contributed by atoms with Crippen LogP contribution in [0.2, 0.25) is 0 Å². The molecule has 0 amide bonds. The molecule has 1 heterocycles. The Hall–Kier alpha value is -6.38. The summed E-state index contributed by atoms with van der Waals surface area (Å²) in [6.07, 6.45) is 0.